The molecular weight excluding hydrogens is 230 g/mol. The molecule has 0 amide bonds. The summed E-state index contributed by atoms with van der Waals surface area (Å²) >= 11 is 0. The fraction of sp³-hybridized carbons (Fsp3) is 0.308. The number of benzene rings is 1. The fourth-order valence-electron chi connectivity index (χ4n) is 2.04. The van der Waals surface area contributed by atoms with Crippen LogP contribution in [0.2, 0.25) is 0 Å². The van der Waals surface area contributed by atoms with Crippen molar-refractivity contribution in [3.05, 3.63) is 29.5 Å². The number of ether oxygens (including phenoxy) is 2. The predicted molar refractivity (Wildman–Crippen MR) is 71.6 cm³/mol. The van der Waals surface area contributed by atoms with Crippen molar-refractivity contribution in [3.63, 3.8) is 0 Å². The van der Waals surface area contributed by atoms with Crippen LogP contribution in [0, 0.1) is 6.92 Å². The van der Waals surface area contributed by atoms with Crippen LogP contribution in [0.4, 0.5) is 5.69 Å². The number of nitrogens with zero attached hydrogens (tertiary/aromatic N) is 1. The van der Waals surface area contributed by atoms with Crippen LogP contribution in [0.15, 0.2) is 18.2 Å². The van der Waals surface area contributed by atoms with E-state index < -0.39 is 0 Å². The Morgan fingerprint density at radius 1 is 1.33 bits per heavy atom. The van der Waals surface area contributed by atoms with Crippen LogP contribution in [0.5, 0.6) is 5.75 Å². The fourth-order valence-corrected chi connectivity index (χ4v) is 2.04. The monoisotopic (exact) mass is 247 g/mol. The minimum absolute atomic E-state index is 0.432. The number of hydrazine groups is 1. The van der Waals surface area contributed by atoms with E-state index in [4.69, 9.17) is 15.3 Å². The van der Waals surface area contributed by atoms with E-state index in [-0.39, 0.29) is 0 Å². The first-order valence-corrected chi connectivity index (χ1v) is 5.64. The van der Waals surface area contributed by atoms with Crippen LogP contribution >= 0.6 is 0 Å². The van der Waals surface area contributed by atoms with Gasteiger partial charge in [-0.15, -0.1) is 0 Å². The molecule has 2 rings (SSSR count). The highest BCUT2D eigenvalue weighted by molar-refractivity contribution is 5.97. The number of aryl methyl sites for hydroxylation is 1. The van der Waals surface area contributed by atoms with Gasteiger partial charge in [-0.3, -0.25) is 5.84 Å². The zero-order chi connectivity index (χ0) is 13.1. The SMILES string of the molecule is COCc1cc(NN)c2c(C)ccc(OC)c2n1. The van der Waals surface area contributed by atoms with E-state index in [0.29, 0.717) is 6.61 Å². The van der Waals surface area contributed by atoms with Crippen LogP contribution in [-0.4, -0.2) is 19.2 Å². The Morgan fingerprint density at radius 2 is 2.11 bits per heavy atom. The summed E-state index contributed by atoms with van der Waals surface area (Å²) in [4.78, 5) is 4.56. The van der Waals surface area contributed by atoms with Crippen molar-refractivity contribution in [2.24, 2.45) is 5.84 Å². The molecule has 5 heteroatoms. The number of hydrogen-bond acceptors (Lipinski definition) is 5. The van der Waals surface area contributed by atoms with Crippen LogP contribution in [0.1, 0.15) is 11.3 Å². The number of fused-ring (bicyclic) bond motifs is 1. The van der Waals surface area contributed by atoms with Crippen molar-refractivity contribution >= 4 is 16.6 Å². The van der Waals surface area contributed by atoms with Crippen molar-refractivity contribution in [1.82, 2.24) is 4.98 Å². The highest BCUT2D eigenvalue weighted by Crippen LogP contribution is 2.32. The molecule has 0 aliphatic carbocycles. The highest BCUT2D eigenvalue weighted by atomic mass is 16.5. The van der Waals surface area contributed by atoms with Crippen molar-refractivity contribution < 1.29 is 9.47 Å². The second-order valence-electron chi connectivity index (χ2n) is 4.05. The van der Waals surface area contributed by atoms with Crippen LogP contribution < -0.4 is 16.0 Å². The summed E-state index contributed by atoms with van der Waals surface area (Å²) in [5.41, 5.74) is 6.22. The molecular formula is C13H17N3O2. The van der Waals surface area contributed by atoms with E-state index >= 15 is 0 Å². The first-order valence-electron chi connectivity index (χ1n) is 5.64. The molecule has 0 saturated heterocycles. The molecule has 0 unspecified atom stereocenters. The maximum atomic E-state index is 5.58. The molecule has 5 nitrogen and oxygen atoms in total. The zero-order valence-corrected chi connectivity index (χ0v) is 10.8. The summed E-state index contributed by atoms with van der Waals surface area (Å²) in [6, 6.07) is 5.78. The summed E-state index contributed by atoms with van der Waals surface area (Å²) < 4.78 is 10.5. The summed E-state index contributed by atoms with van der Waals surface area (Å²) in [5.74, 6) is 6.31. The van der Waals surface area contributed by atoms with Gasteiger partial charge in [-0.2, -0.15) is 0 Å². The van der Waals surface area contributed by atoms with E-state index in [1.54, 1.807) is 14.2 Å². The lowest BCUT2D eigenvalue weighted by Crippen LogP contribution is -2.09. The topological polar surface area (TPSA) is 69.4 Å². The van der Waals surface area contributed by atoms with Crippen LogP contribution in [-0.2, 0) is 11.3 Å². The number of anilines is 1. The number of nitrogens with one attached hydrogen (secondary N) is 1. The summed E-state index contributed by atoms with van der Waals surface area (Å²) in [6.07, 6.45) is 0. The van der Waals surface area contributed by atoms with Gasteiger partial charge in [0.15, 0.2) is 0 Å². The predicted octanol–water partition coefficient (Wildman–Crippen LogP) is 1.98. The third kappa shape index (κ3) is 2.10. The molecule has 1 heterocycles. The van der Waals surface area contributed by atoms with Crippen molar-refractivity contribution in [2.45, 2.75) is 13.5 Å². The smallest absolute Gasteiger partial charge is 0.145 e. The van der Waals surface area contributed by atoms with E-state index in [1.165, 1.54) is 0 Å². The van der Waals surface area contributed by atoms with Gasteiger partial charge < -0.3 is 14.9 Å². The largest absolute Gasteiger partial charge is 0.494 e. The van der Waals surface area contributed by atoms with E-state index in [9.17, 15) is 0 Å². The molecule has 0 atom stereocenters. The normalized spacial score (nSPS) is 10.7. The van der Waals surface area contributed by atoms with Gasteiger partial charge in [0.25, 0.3) is 0 Å². The maximum absolute atomic E-state index is 5.58. The molecule has 0 saturated carbocycles. The van der Waals surface area contributed by atoms with Gasteiger partial charge >= 0.3 is 0 Å². The van der Waals surface area contributed by atoms with Gasteiger partial charge in [-0.25, -0.2) is 4.98 Å². The Hall–Kier alpha value is -1.85. The molecule has 0 bridgehead atoms. The minimum Gasteiger partial charge on any atom is -0.494 e. The first kappa shape index (κ1) is 12.6. The van der Waals surface area contributed by atoms with Crippen molar-refractivity contribution in [3.8, 4) is 5.75 Å². The van der Waals surface area contributed by atoms with E-state index in [2.05, 4.69) is 10.4 Å². The molecule has 18 heavy (non-hydrogen) atoms. The third-order valence-electron chi connectivity index (χ3n) is 2.85. The average Bonchev–Trinajstić information content (AvgIpc) is 2.38. The molecule has 0 fully saturated rings. The average molecular weight is 247 g/mol. The third-order valence-corrected chi connectivity index (χ3v) is 2.85. The Bertz CT molecular complexity index is 570. The van der Waals surface area contributed by atoms with Crippen molar-refractivity contribution in [1.29, 1.82) is 0 Å². The second-order valence-corrected chi connectivity index (χ2v) is 4.05. The lowest BCUT2D eigenvalue weighted by Gasteiger charge is -2.13. The number of pyridine rings is 1. The van der Waals surface area contributed by atoms with E-state index in [1.807, 2.05) is 25.1 Å². The van der Waals surface area contributed by atoms with Gasteiger partial charge in [-0.05, 0) is 24.6 Å². The number of hydrogen-bond donors (Lipinski definition) is 2. The van der Waals surface area contributed by atoms with Crippen molar-refractivity contribution in [2.75, 3.05) is 19.6 Å². The molecule has 0 aliphatic rings. The number of rotatable bonds is 4. The summed E-state index contributed by atoms with van der Waals surface area (Å²) in [5, 5.41) is 0.969. The lowest BCUT2D eigenvalue weighted by atomic mass is 10.1. The number of methoxy groups -OCH3 is 2. The molecule has 0 spiro atoms. The molecule has 2 aromatic rings. The summed E-state index contributed by atoms with van der Waals surface area (Å²) in [7, 11) is 3.26. The second kappa shape index (κ2) is 5.20. The molecule has 1 aromatic carbocycles. The molecule has 96 valence electrons. The Balaban J connectivity index is 2.77. The highest BCUT2D eigenvalue weighted by Gasteiger charge is 2.11. The first-order chi connectivity index (χ1) is 8.71. The van der Waals surface area contributed by atoms with Crippen LogP contribution in [0.3, 0.4) is 0 Å². The lowest BCUT2D eigenvalue weighted by molar-refractivity contribution is 0.182. The number of nitrogens with two attached hydrogens (primary N) is 1. The quantitative estimate of drug-likeness (QED) is 0.638. The Kier molecular flexibility index (Phi) is 3.64. The van der Waals surface area contributed by atoms with Gasteiger partial charge in [0.05, 0.1) is 25.1 Å². The van der Waals surface area contributed by atoms with Crippen LogP contribution in [0.25, 0.3) is 10.9 Å². The summed E-state index contributed by atoms with van der Waals surface area (Å²) in [6.45, 7) is 2.45. The standard InChI is InChI=1S/C13H17N3O2/c1-8-4-5-11(18-3)13-12(8)10(16-14)6-9(15-13)7-17-2/h4-6H,7,14H2,1-3H3,(H,15,16). The minimum atomic E-state index is 0.432. The maximum Gasteiger partial charge on any atom is 0.145 e. The Labute approximate surface area is 106 Å². The molecule has 0 aliphatic heterocycles. The molecule has 0 radical (unpaired) electrons. The van der Waals surface area contributed by atoms with Gasteiger partial charge in [0.2, 0.25) is 0 Å². The van der Waals surface area contributed by atoms with E-state index in [0.717, 1.165) is 33.6 Å². The molecule has 3 N–H and O–H groups in total. The number of aromatic nitrogens is 1. The molecule has 1 aromatic heterocycles. The zero-order valence-electron chi connectivity index (χ0n) is 10.8. The van der Waals surface area contributed by atoms with Gasteiger partial charge in [0.1, 0.15) is 11.3 Å². The van der Waals surface area contributed by atoms with Gasteiger partial charge in [0, 0.05) is 12.5 Å². The number of nitrogen functional groups attached to an aromatic ring is 1. The van der Waals surface area contributed by atoms with Gasteiger partial charge in [-0.1, -0.05) is 6.07 Å². The Morgan fingerprint density at radius 3 is 2.72 bits per heavy atom.